The number of aliphatic hydroxyl groups excluding tert-OH is 1. The molecule has 3 aromatic rings. The summed E-state index contributed by atoms with van der Waals surface area (Å²) in [7, 11) is 4.79. The quantitative estimate of drug-likeness (QED) is 0.340. The maximum absolute atomic E-state index is 13.2. The zero-order valence-corrected chi connectivity index (χ0v) is 19.8. The van der Waals surface area contributed by atoms with Crippen LogP contribution in [0.25, 0.3) is 5.76 Å². The lowest BCUT2D eigenvalue weighted by atomic mass is 9.94. The summed E-state index contributed by atoms with van der Waals surface area (Å²) in [4.78, 5) is 41.6. The van der Waals surface area contributed by atoms with Crippen LogP contribution in [0.15, 0.2) is 54.1 Å². The highest BCUT2D eigenvalue weighted by Crippen LogP contribution is 2.43. The number of Topliss-reactive ketones (excluding diaryl/α,β-unsaturated/α-hetero) is 1. The van der Waals surface area contributed by atoms with Crippen molar-refractivity contribution in [3.63, 3.8) is 0 Å². The minimum atomic E-state index is -0.996. The Morgan fingerprint density at radius 1 is 1.09 bits per heavy atom. The normalized spacial score (nSPS) is 17.2. The molecule has 1 fully saturated rings. The molecule has 1 unspecified atom stereocenters. The summed E-state index contributed by atoms with van der Waals surface area (Å²) < 4.78 is 5.16. The van der Waals surface area contributed by atoms with Crippen molar-refractivity contribution in [2.75, 3.05) is 26.1 Å². The van der Waals surface area contributed by atoms with Crippen LogP contribution >= 0.6 is 11.3 Å². The van der Waals surface area contributed by atoms with E-state index >= 15 is 0 Å². The number of hydrogen-bond acceptors (Lipinski definition) is 8. The molecule has 34 heavy (non-hydrogen) atoms. The predicted molar refractivity (Wildman–Crippen MR) is 127 cm³/mol. The third-order valence-electron chi connectivity index (χ3n) is 5.38. The van der Waals surface area contributed by atoms with E-state index in [-0.39, 0.29) is 22.4 Å². The van der Waals surface area contributed by atoms with E-state index in [1.165, 1.54) is 16.9 Å². The highest BCUT2D eigenvalue weighted by atomic mass is 32.1. The van der Waals surface area contributed by atoms with E-state index in [1.54, 1.807) is 69.6 Å². The van der Waals surface area contributed by atoms with Crippen LogP contribution in [-0.4, -0.2) is 59.0 Å². The average molecular weight is 479 g/mol. The number of rotatable bonds is 5. The van der Waals surface area contributed by atoms with Crippen LogP contribution in [0.4, 0.5) is 5.13 Å². The van der Waals surface area contributed by atoms with Crippen LogP contribution < -0.4 is 9.64 Å². The maximum Gasteiger partial charge on any atom is 0.301 e. The van der Waals surface area contributed by atoms with Crippen molar-refractivity contribution < 1.29 is 24.2 Å². The highest BCUT2D eigenvalue weighted by Gasteiger charge is 2.48. The number of methoxy groups -OCH3 is 1. The number of benzene rings is 2. The molecule has 0 bridgehead atoms. The number of carbonyl (C=O) groups excluding carboxylic acids is 3. The molecule has 10 heteroatoms. The maximum atomic E-state index is 13.2. The van der Waals surface area contributed by atoms with Gasteiger partial charge in [0.1, 0.15) is 16.5 Å². The molecule has 2 heterocycles. The molecule has 4 rings (SSSR count). The number of ether oxygens (including phenoxy) is 1. The number of aromatic nitrogens is 2. The molecule has 9 nitrogen and oxygen atoms in total. The van der Waals surface area contributed by atoms with Gasteiger partial charge in [-0.1, -0.05) is 23.5 Å². The second kappa shape index (κ2) is 9.06. The Balaban J connectivity index is 1.92. The van der Waals surface area contributed by atoms with E-state index in [0.29, 0.717) is 27.4 Å². The first-order chi connectivity index (χ1) is 16.2. The van der Waals surface area contributed by atoms with Gasteiger partial charge in [0, 0.05) is 25.2 Å². The van der Waals surface area contributed by atoms with Crippen LogP contribution in [0, 0.1) is 6.92 Å². The molecule has 0 spiro atoms. The lowest BCUT2D eigenvalue weighted by Gasteiger charge is -2.23. The van der Waals surface area contributed by atoms with Crippen LogP contribution in [0.1, 0.15) is 32.5 Å². The van der Waals surface area contributed by atoms with Gasteiger partial charge in [0.2, 0.25) is 5.13 Å². The summed E-state index contributed by atoms with van der Waals surface area (Å²) >= 11 is 1.15. The van der Waals surface area contributed by atoms with E-state index in [0.717, 1.165) is 11.3 Å². The highest BCUT2D eigenvalue weighted by molar-refractivity contribution is 7.15. The van der Waals surface area contributed by atoms with Gasteiger partial charge < -0.3 is 14.7 Å². The topological polar surface area (TPSA) is 113 Å². The van der Waals surface area contributed by atoms with Gasteiger partial charge in [-0.25, -0.2) is 0 Å². The van der Waals surface area contributed by atoms with E-state index in [4.69, 9.17) is 4.74 Å². The molecule has 1 N–H and O–H groups in total. The molecular weight excluding hydrogens is 456 g/mol. The molecule has 174 valence electrons. The second-order valence-corrected chi connectivity index (χ2v) is 8.99. The van der Waals surface area contributed by atoms with Gasteiger partial charge in [-0.3, -0.25) is 19.3 Å². The van der Waals surface area contributed by atoms with Crippen molar-refractivity contribution in [3.05, 3.63) is 75.8 Å². The Morgan fingerprint density at radius 2 is 1.79 bits per heavy atom. The SMILES string of the molecule is COc1ccc(/C(O)=C2\C(=O)C(=O)N(c3nnc(C)s3)C2c2cccc(C(=O)N(C)C)c2)cc1. The first-order valence-corrected chi connectivity index (χ1v) is 11.1. The van der Waals surface area contributed by atoms with Gasteiger partial charge in [0.25, 0.3) is 11.7 Å². The second-order valence-electron chi connectivity index (χ2n) is 7.83. The van der Waals surface area contributed by atoms with Gasteiger partial charge in [-0.2, -0.15) is 0 Å². The van der Waals surface area contributed by atoms with Crippen LogP contribution in [0.3, 0.4) is 0 Å². The number of aryl methyl sites for hydroxylation is 1. The molecule has 2 aromatic carbocycles. The van der Waals surface area contributed by atoms with Crippen LogP contribution in [0.2, 0.25) is 0 Å². The molecule has 1 saturated heterocycles. The average Bonchev–Trinajstić information content (AvgIpc) is 3.38. The number of ketones is 1. The summed E-state index contributed by atoms with van der Waals surface area (Å²) in [6.45, 7) is 1.74. The fraction of sp³-hybridized carbons (Fsp3) is 0.208. The standard InChI is InChI=1S/C24H22N4O5S/c1-13-25-26-24(34-13)28-19(15-6-5-7-16(12-15)22(31)27(2)3)18(21(30)23(28)32)20(29)14-8-10-17(33-4)11-9-14/h5-12,19,29H,1-4H3/b20-18+. The Morgan fingerprint density at radius 3 is 2.38 bits per heavy atom. The minimum Gasteiger partial charge on any atom is -0.507 e. The zero-order valence-electron chi connectivity index (χ0n) is 19.0. The summed E-state index contributed by atoms with van der Waals surface area (Å²) in [6, 6.07) is 12.1. The third-order valence-corrected chi connectivity index (χ3v) is 6.22. The minimum absolute atomic E-state index is 0.0996. The van der Waals surface area contributed by atoms with E-state index in [1.807, 2.05) is 0 Å². The molecular formula is C24H22N4O5S. The van der Waals surface area contributed by atoms with Crippen molar-refractivity contribution >= 4 is 39.8 Å². The Labute approximate surface area is 199 Å². The first-order valence-electron chi connectivity index (χ1n) is 10.3. The zero-order chi connectivity index (χ0) is 24.6. The summed E-state index contributed by atoms with van der Waals surface area (Å²) in [5, 5.41) is 20.0. The number of hydrogen-bond donors (Lipinski definition) is 1. The van der Waals surface area contributed by atoms with Crippen molar-refractivity contribution in [1.82, 2.24) is 15.1 Å². The van der Waals surface area contributed by atoms with E-state index in [2.05, 4.69) is 10.2 Å². The fourth-order valence-corrected chi connectivity index (χ4v) is 4.45. The molecule has 1 aromatic heterocycles. The Kier molecular flexibility index (Phi) is 6.16. The summed E-state index contributed by atoms with van der Waals surface area (Å²) in [5.74, 6) is -1.68. The molecule has 0 radical (unpaired) electrons. The number of aliphatic hydroxyl groups is 1. The number of carbonyl (C=O) groups is 3. The molecule has 2 amide bonds. The summed E-state index contributed by atoms with van der Waals surface area (Å²) in [6.07, 6.45) is 0. The van der Waals surface area contributed by atoms with Gasteiger partial charge in [0.15, 0.2) is 0 Å². The predicted octanol–water partition coefficient (Wildman–Crippen LogP) is 3.18. The van der Waals surface area contributed by atoms with Gasteiger partial charge in [-0.05, 0) is 48.9 Å². The summed E-state index contributed by atoms with van der Waals surface area (Å²) in [5.41, 5.74) is 1.11. The smallest absolute Gasteiger partial charge is 0.301 e. The Hall–Kier alpha value is -4.05. The largest absolute Gasteiger partial charge is 0.507 e. The lowest BCUT2D eigenvalue weighted by molar-refractivity contribution is -0.132. The van der Waals surface area contributed by atoms with Gasteiger partial charge in [-0.15, -0.1) is 10.2 Å². The molecule has 0 saturated carbocycles. The van der Waals surface area contributed by atoms with Crippen molar-refractivity contribution in [2.24, 2.45) is 0 Å². The number of nitrogens with zero attached hydrogens (tertiary/aromatic N) is 4. The lowest BCUT2D eigenvalue weighted by Crippen LogP contribution is -2.29. The van der Waals surface area contributed by atoms with Crippen molar-refractivity contribution in [2.45, 2.75) is 13.0 Å². The molecule has 1 atom stereocenters. The fourth-order valence-electron chi connectivity index (χ4n) is 3.73. The van der Waals surface area contributed by atoms with Crippen LogP contribution in [-0.2, 0) is 9.59 Å². The van der Waals surface area contributed by atoms with E-state index in [9.17, 15) is 19.5 Å². The van der Waals surface area contributed by atoms with E-state index < -0.39 is 17.7 Å². The molecule has 1 aliphatic rings. The van der Waals surface area contributed by atoms with Crippen LogP contribution in [0.5, 0.6) is 5.75 Å². The third kappa shape index (κ3) is 4.03. The van der Waals surface area contributed by atoms with Gasteiger partial charge >= 0.3 is 5.91 Å². The first kappa shape index (κ1) is 23.1. The molecule has 0 aliphatic carbocycles. The van der Waals surface area contributed by atoms with Gasteiger partial charge in [0.05, 0.1) is 18.7 Å². The monoisotopic (exact) mass is 478 g/mol. The Bertz CT molecular complexity index is 1310. The van der Waals surface area contributed by atoms with Crippen molar-refractivity contribution in [3.8, 4) is 5.75 Å². The number of anilines is 1. The van der Waals surface area contributed by atoms with Crippen molar-refractivity contribution in [1.29, 1.82) is 0 Å². The number of amides is 2. The molecule has 1 aliphatic heterocycles.